The lowest BCUT2D eigenvalue weighted by Crippen LogP contribution is -2.52. The van der Waals surface area contributed by atoms with Crippen molar-refractivity contribution in [1.82, 2.24) is 0 Å². The highest BCUT2D eigenvalue weighted by Gasteiger charge is 2.60. The van der Waals surface area contributed by atoms with Gasteiger partial charge in [-0.2, -0.15) is 0 Å². The minimum Gasteiger partial charge on any atom is -0.459 e. The Morgan fingerprint density at radius 1 is 1.18 bits per heavy atom. The summed E-state index contributed by atoms with van der Waals surface area (Å²) in [6.07, 6.45) is 5.97. The molecule has 0 saturated heterocycles. The monoisotopic (exact) mass is 571 g/mol. The first-order chi connectivity index (χ1) is 18.3. The summed E-state index contributed by atoms with van der Waals surface area (Å²) in [6.45, 7) is 10.3. The molecule has 3 aliphatic rings. The predicted octanol–water partition coefficient (Wildman–Crippen LogP) is 5.58. The highest BCUT2D eigenvalue weighted by Crippen LogP contribution is 2.65. The number of hydrogen-bond acceptors (Lipinski definition) is 6. The molecule has 5 rings (SSSR count). The molecule has 208 valence electrons. The molecule has 39 heavy (non-hydrogen) atoms. The van der Waals surface area contributed by atoms with Crippen molar-refractivity contribution >= 4 is 33.6 Å². The van der Waals surface area contributed by atoms with Crippen LogP contribution in [0.5, 0.6) is 5.75 Å². The third-order valence-electron chi connectivity index (χ3n) is 9.36. The van der Waals surface area contributed by atoms with E-state index in [1.165, 1.54) is 36.2 Å². The van der Waals surface area contributed by atoms with Gasteiger partial charge in [-0.15, -0.1) is 6.58 Å². The second-order valence-corrected chi connectivity index (χ2v) is 13.7. The van der Waals surface area contributed by atoms with E-state index in [9.17, 15) is 18.0 Å². The quantitative estimate of drug-likeness (QED) is 0.285. The van der Waals surface area contributed by atoms with E-state index in [1.807, 2.05) is 12.1 Å². The maximum atomic E-state index is 13.2. The van der Waals surface area contributed by atoms with Gasteiger partial charge in [-0.3, -0.25) is 4.79 Å². The number of esters is 2. The lowest BCUT2D eigenvalue weighted by molar-refractivity contribution is -0.131. The van der Waals surface area contributed by atoms with Crippen LogP contribution in [-0.2, 0) is 31.4 Å². The summed E-state index contributed by atoms with van der Waals surface area (Å²) < 4.78 is 34.9. The molecule has 2 N–H and O–H groups in total. The molecule has 2 aromatic rings. The summed E-state index contributed by atoms with van der Waals surface area (Å²) in [5.41, 5.74) is 2.18. The molecule has 0 radical (unpaired) electrons. The van der Waals surface area contributed by atoms with E-state index < -0.39 is 16.0 Å². The van der Waals surface area contributed by atoms with Gasteiger partial charge in [0.25, 0.3) is 0 Å². The number of carbonyl (C=O) groups is 2. The van der Waals surface area contributed by atoms with Crippen molar-refractivity contribution in [2.45, 2.75) is 69.3 Å². The Morgan fingerprint density at radius 3 is 2.59 bits per heavy atom. The first-order valence-electron chi connectivity index (χ1n) is 13.3. The lowest BCUT2D eigenvalue weighted by atomic mass is 9.46. The van der Waals surface area contributed by atoms with Crippen LogP contribution in [0.1, 0.15) is 67.9 Å². The molecule has 2 aromatic carbocycles. The van der Waals surface area contributed by atoms with Gasteiger partial charge in [0.1, 0.15) is 11.9 Å². The zero-order chi connectivity index (χ0) is 28.3. The summed E-state index contributed by atoms with van der Waals surface area (Å²) in [4.78, 5) is 24.5. The number of nitrogens with two attached hydrogens (primary N) is 1. The molecule has 6 atom stereocenters. The topological polar surface area (TPSA) is 113 Å². The van der Waals surface area contributed by atoms with Crippen molar-refractivity contribution < 1.29 is 27.5 Å². The fourth-order valence-electron chi connectivity index (χ4n) is 7.81. The second-order valence-electron chi connectivity index (χ2n) is 11.8. The van der Waals surface area contributed by atoms with Crippen LogP contribution in [0.3, 0.4) is 0 Å². The number of halogens is 1. The molecule has 7 nitrogen and oxygen atoms in total. The number of fused-ring (bicyclic) bond motifs is 5. The Hall–Kier alpha value is -2.68. The Kier molecular flexibility index (Phi) is 6.97. The van der Waals surface area contributed by atoms with Crippen molar-refractivity contribution in [3.63, 3.8) is 0 Å². The van der Waals surface area contributed by atoms with Crippen LogP contribution in [0.4, 0.5) is 0 Å². The van der Waals surface area contributed by atoms with E-state index in [0.29, 0.717) is 29.9 Å². The number of rotatable bonds is 5. The lowest BCUT2D eigenvalue weighted by Gasteiger charge is -2.57. The van der Waals surface area contributed by atoms with Gasteiger partial charge in [0.05, 0.1) is 15.5 Å². The first kappa shape index (κ1) is 27.9. The number of primary sulfonamides is 1. The fourth-order valence-corrected chi connectivity index (χ4v) is 8.55. The maximum absolute atomic E-state index is 13.2. The largest absolute Gasteiger partial charge is 0.459 e. The summed E-state index contributed by atoms with van der Waals surface area (Å²) in [5.74, 6) is 0.511. The van der Waals surface area contributed by atoms with Crippen molar-refractivity contribution in [2.24, 2.45) is 28.3 Å². The SMILES string of the molecule is C=C[C@]12CC[C@]3(C)C[C@H](OC(=O)c4cc(S(N)(=O)=O)ccc4Cl)CC3C1[C@H](C)Cc1cc(OC(C)=O)ccc12. The van der Waals surface area contributed by atoms with Crippen LogP contribution in [0.25, 0.3) is 0 Å². The molecule has 0 amide bonds. The van der Waals surface area contributed by atoms with Crippen LogP contribution in [-0.4, -0.2) is 26.5 Å². The zero-order valence-corrected chi connectivity index (χ0v) is 24.0. The number of carbonyl (C=O) groups excluding carboxylic acids is 2. The van der Waals surface area contributed by atoms with Crippen molar-refractivity contribution in [3.8, 4) is 5.75 Å². The highest BCUT2D eigenvalue weighted by molar-refractivity contribution is 7.89. The van der Waals surface area contributed by atoms with Gasteiger partial charge in [-0.05, 0) is 96.7 Å². The molecule has 9 heteroatoms. The summed E-state index contributed by atoms with van der Waals surface area (Å²) >= 11 is 6.23. The average molecular weight is 572 g/mol. The van der Waals surface area contributed by atoms with Gasteiger partial charge in [0.15, 0.2) is 0 Å². The number of allylic oxidation sites excluding steroid dienone is 1. The second kappa shape index (κ2) is 9.75. The van der Waals surface area contributed by atoms with E-state index in [2.05, 4.69) is 32.6 Å². The molecule has 0 bridgehead atoms. The molecule has 2 fully saturated rings. The zero-order valence-electron chi connectivity index (χ0n) is 22.4. The van der Waals surface area contributed by atoms with Crippen LogP contribution in [0.2, 0.25) is 5.02 Å². The van der Waals surface area contributed by atoms with Crippen LogP contribution >= 0.6 is 11.6 Å². The van der Waals surface area contributed by atoms with Crippen LogP contribution in [0, 0.1) is 23.2 Å². The van der Waals surface area contributed by atoms with E-state index in [4.69, 9.17) is 26.2 Å². The molecular weight excluding hydrogens is 538 g/mol. The molecule has 2 saturated carbocycles. The summed E-state index contributed by atoms with van der Waals surface area (Å²) in [7, 11) is -3.99. The highest BCUT2D eigenvalue weighted by atomic mass is 35.5. The van der Waals surface area contributed by atoms with Crippen LogP contribution < -0.4 is 9.88 Å². The maximum Gasteiger partial charge on any atom is 0.339 e. The van der Waals surface area contributed by atoms with Gasteiger partial charge in [-0.1, -0.05) is 37.6 Å². The third-order valence-corrected chi connectivity index (χ3v) is 10.6. The minimum absolute atomic E-state index is 0.00722. The van der Waals surface area contributed by atoms with Gasteiger partial charge in [0, 0.05) is 12.3 Å². The Labute approximate surface area is 234 Å². The minimum atomic E-state index is -3.99. The van der Waals surface area contributed by atoms with E-state index in [0.717, 1.165) is 25.7 Å². The first-order valence-corrected chi connectivity index (χ1v) is 15.2. The van der Waals surface area contributed by atoms with Crippen LogP contribution in [0.15, 0.2) is 53.9 Å². The van der Waals surface area contributed by atoms with Gasteiger partial charge in [0.2, 0.25) is 10.0 Å². The Morgan fingerprint density at radius 2 is 1.92 bits per heavy atom. The van der Waals surface area contributed by atoms with E-state index >= 15 is 0 Å². The molecule has 0 aliphatic heterocycles. The molecule has 0 spiro atoms. The standard InChI is InChI=1S/C30H34ClNO6S/c1-5-30-11-10-29(4)16-21(38-28(34)23-15-22(39(32,35)36)7-9-26(23)31)14-25(29)27(30)17(2)12-19-13-20(37-18(3)33)6-8-24(19)30/h5-9,13,15,17,21,25,27H,1,10-12,14,16H2,2-4H3,(H2,32,35,36)/t17-,21-,25?,27?,29-,30-/m1/s1. The number of benzene rings is 2. The molecule has 2 unspecified atom stereocenters. The number of hydrogen-bond donors (Lipinski definition) is 1. The Balaban J connectivity index is 1.43. The normalized spacial score (nSPS) is 31.4. The number of ether oxygens (including phenoxy) is 2. The van der Waals surface area contributed by atoms with Gasteiger partial charge in [-0.25, -0.2) is 18.4 Å². The average Bonchev–Trinajstić information content (AvgIpc) is 3.18. The molecule has 0 heterocycles. The summed E-state index contributed by atoms with van der Waals surface area (Å²) in [5, 5.41) is 5.36. The summed E-state index contributed by atoms with van der Waals surface area (Å²) in [6, 6.07) is 9.73. The predicted molar refractivity (Wildman–Crippen MR) is 148 cm³/mol. The van der Waals surface area contributed by atoms with E-state index in [-0.39, 0.29) is 38.4 Å². The van der Waals surface area contributed by atoms with Crippen molar-refractivity contribution in [3.05, 3.63) is 70.8 Å². The third kappa shape index (κ3) is 4.81. The van der Waals surface area contributed by atoms with E-state index in [1.54, 1.807) is 0 Å². The van der Waals surface area contributed by atoms with Gasteiger partial charge < -0.3 is 9.47 Å². The Bertz CT molecular complexity index is 1470. The molecular formula is C30H34ClNO6S. The molecule has 3 aliphatic carbocycles. The smallest absolute Gasteiger partial charge is 0.339 e. The van der Waals surface area contributed by atoms with Crippen molar-refractivity contribution in [2.75, 3.05) is 0 Å². The van der Waals surface area contributed by atoms with Gasteiger partial charge >= 0.3 is 11.9 Å². The number of sulfonamides is 1. The fraction of sp³-hybridized carbons (Fsp3) is 0.467. The molecule has 0 aromatic heterocycles. The van der Waals surface area contributed by atoms with Crippen molar-refractivity contribution in [1.29, 1.82) is 0 Å².